The number of aryl methyl sites for hydroxylation is 1. The fraction of sp³-hybridized carbons (Fsp3) is 0.438. The number of nitrogens with one attached hydrogen (secondary N) is 2. The standard InChI is InChI=1S/C16H20N4O4/c1-10(21)17-8-12-9-20(5-6-24-12)15(22)11-3-4-13-14(7-11)19(2)16(23)18-13/h3-4,7,12H,5-6,8-9H2,1-2H3,(H,17,21)(H,18,23). The van der Waals surface area contributed by atoms with Crippen LogP contribution in [0.25, 0.3) is 11.0 Å². The predicted octanol–water partition coefficient (Wildman–Crippen LogP) is -0.156. The molecule has 1 aliphatic heterocycles. The Morgan fingerprint density at radius 1 is 1.42 bits per heavy atom. The monoisotopic (exact) mass is 332 g/mol. The van der Waals surface area contributed by atoms with Crippen LogP contribution in [0.5, 0.6) is 0 Å². The second-order valence-electron chi connectivity index (χ2n) is 5.90. The van der Waals surface area contributed by atoms with Crippen molar-refractivity contribution in [3.05, 3.63) is 34.2 Å². The summed E-state index contributed by atoms with van der Waals surface area (Å²) >= 11 is 0. The lowest BCUT2D eigenvalue weighted by atomic mass is 10.1. The van der Waals surface area contributed by atoms with Crippen LogP contribution in [0.1, 0.15) is 17.3 Å². The van der Waals surface area contributed by atoms with Gasteiger partial charge in [0.1, 0.15) is 0 Å². The summed E-state index contributed by atoms with van der Waals surface area (Å²) in [6.45, 7) is 3.18. The zero-order valence-corrected chi connectivity index (χ0v) is 13.7. The van der Waals surface area contributed by atoms with Gasteiger partial charge in [-0.05, 0) is 18.2 Å². The molecular formula is C16H20N4O4. The quantitative estimate of drug-likeness (QED) is 0.816. The first kappa shape index (κ1) is 16.3. The molecule has 3 rings (SSSR count). The summed E-state index contributed by atoms with van der Waals surface area (Å²) in [7, 11) is 1.66. The van der Waals surface area contributed by atoms with E-state index in [1.807, 2.05) is 0 Å². The average Bonchev–Trinajstić information content (AvgIpc) is 2.86. The van der Waals surface area contributed by atoms with Crippen molar-refractivity contribution in [2.45, 2.75) is 13.0 Å². The minimum absolute atomic E-state index is 0.110. The van der Waals surface area contributed by atoms with Crippen LogP contribution in [0.4, 0.5) is 0 Å². The number of nitrogens with zero attached hydrogens (tertiary/aromatic N) is 2. The summed E-state index contributed by atoms with van der Waals surface area (Å²) < 4.78 is 7.06. The molecule has 2 aromatic rings. The van der Waals surface area contributed by atoms with E-state index in [0.717, 1.165) is 0 Å². The minimum atomic E-state index is -0.216. The Kier molecular flexibility index (Phi) is 4.39. The van der Waals surface area contributed by atoms with Crippen molar-refractivity contribution in [2.24, 2.45) is 7.05 Å². The average molecular weight is 332 g/mol. The molecule has 1 aliphatic rings. The number of ether oxygens (including phenoxy) is 1. The molecule has 0 spiro atoms. The van der Waals surface area contributed by atoms with Gasteiger partial charge in [0, 0.05) is 39.2 Å². The van der Waals surface area contributed by atoms with Crippen LogP contribution < -0.4 is 11.0 Å². The number of fused-ring (bicyclic) bond motifs is 1. The van der Waals surface area contributed by atoms with Crippen molar-refractivity contribution < 1.29 is 14.3 Å². The van der Waals surface area contributed by atoms with E-state index < -0.39 is 0 Å². The second kappa shape index (κ2) is 6.48. The summed E-state index contributed by atoms with van der Waals surface area (Å²) in [6, 6.07) is 5.16. The third-order valence-corrected chi connectivity index (χ3v) is 4.16. The fourth-order valence-corrected chi connectivity index (χ4v) is 2.82. The van der Waals surface area contributed by atoms with E-state index in [9.17, 15) is 14.4 Å². The maximum atomic E-state index is 12.7. The summed E-state index contributed by atoms with van der Waals surface area (Å²) in [6.07, 6.45) is -0.216. The van der Waals surface area contributed by atoms with Gasteiger partial charge in [-0.1, -0.05) is 0 Å². The minimum Gasteiger partial charge on any atom is -0.373 e. The summed E-state index contributed by atoms with van der Waals surface area (Å²) in [5, 5.41) is 2.70. The van der Waals surface area contributed by atoms with Gasteiger partial charge in [0.2, 0.25) is 5.91 Å². The Balaban J connectivity index is 1.77. The zero-order chi connectivity index (χ0) is 17.3. The van der Waals surface area contributed by atoms with E-state index in [-0.39, 0.29) is 23.6 Å². The third-order valence-electron chi connectivity index (χ3n) is 4.16. The van der Waals surface area contributed by atoms with Gasteiger partial charge >= 0.3 is 5.69 Å². The molecule has 2 amide bonds. The van der Waals surface area contributed by atoms with Gasteiger partial charge in [-0.3, -0.25) is 14.2 Å². The highest BCUT2D eigenvalue weighted by Crippen LogP contribution is 2.15. The first-order valence-corrected chi connectivity index (χ1v) is 7.80. The van der Waals surface area contributed by atoms with Gasteiger partial charge in [-0.25, -0.2) is 4.79 Å². The number of imidazole rings is 1. The van der Waals surface area contributed by atoms with Crippen LogP contribution in [0.15, 0.2) is 23.0 Å². The largest absolute Gasteiger partial charge is 0.373 e. The number of H-pyrrole nitrogens is 1. The van der Waals surface area contributed by atoms with E-state index in [4.69, 9.17) is 4.74 Å². The summed E-state index contributed by atoms with van der Waals surface area (Å²) in [5.41, 5.74) is 1.70. The van der Waals surface area contributed by atoms with E-state index in [2.05, 4.69) is 10.3 Å². The molecule has 0 saturated carbocycles. The van der Waals surface area contributed by atoms with Crippen LogP contribution in [-0.4, -0.2) is 58.6 Å². The Hall–Kier alpha value is -2.61. The Morgan fingerprint density at radius 2 is 2.21 bits per heavy atom. The van der Waals surface area contributed by atoms with Gasteiger partial charge < -0.3 is 19.9 Å². The molecular weight excluding hydrogens is 312 g/mol. The number of morpholine rings is 1. The van der Waals surface area contributed by atoms with Gasteiger partial charge in [0.25, 0.3) is 5.91 Å². The lowest BCUT2D eigenvalue weighted by molar-refractivity contribution is -0.120. The van der Waals surface area contributed by atoms with Gasteiger partial charge in [-0.2, -0.15) is 0 Å². The number of hydrogen-bond acceptors (Lipinski definition) is 4. The first-order chi connectivity index (χ1) is 11.5. The van der Waals surface area contributed by atoms with Crippen LogP contribution in [0.3, 0.4) is 0 Å². The third kappa shape index (κ3) is 3.18. The molecule has 1 aromatic carbocycles. The Bertz CT molecular complexity index is 838. The molecule has 1 unspecified atom stereocenters. The maximum Gasteiger partial charge on any atom is 0.326 e. The molecule has 24 heavy (non-hydrogen) atoms. The number of aromatic nitrogens is 2. The maximum absolute atomic E-state index is 12.7. The SMILES string of the molecule is CC(=O)NCC1CN(C(=O)c2ccc3[nH]c(=O)n(C)c3c2)CCO1. The fourth-order valence-electron chi connectivity index (χ4n) is 2.82. The normalized spacial score (nSPS) is 17.9. The molecule has 1 saturated heterocycles. The highest BCUT2D eigenvalue weighted by Gasteiger charge is 2.25. The number of benzene rings is 1. The van der Waals surface area contributed by atoms with E-state index in [0.29, 0.717) is 42.8 Å². The topological polar surface area (TPSA) is 96.4 Å². The molecule has 0 aliphatic carbocycles. The molecule has 1 fully saturated rings. The van der Waals surface area contributed by atoms with Crippen molar-refractivity contribution in [3.63, 3.8) is 0 Å². The smallest absolute Gasteiger partial charge is 0.326 e. The zero-order valence-electron chi connectivity index (χ0n) is 13.7. The number of hydrogen-bond donors (Lipinski definition) is 2. The van der Waals surface area contributed by atoms with Crippen LogP contribution in [-0.2, 0) is 16.6 Å². The van der Waals surface area contributed by atoms with Crippen molar-refractivity contribution in [2.75, 3.05) is 26.2 Å². The van der Waals surface area contributed by atoms with E-state index >= 15 is 0 Å². The molecule has 128 valence electrons. The summed E-state index contributed by atoms with van der Waals surface area (Å²) in [5.74, 6) is -0.234. The second-order valence-corrected chi connectivity index (χ2v) is 5.90. The Morgan fingerprint density at radius 3 is 2.96 bits per heavy atom. The van der Waals surface area contributed by atoms with Gasteiger partial charge in [0.15, 0.2) is 0 Å². The number of rotatable bonds is 3. The lowest BCUT2D eigenvalue weighted by Gasteiger charge is -2.33. The molecule has 0 bridgehead atoms. The molecule has 8 nitrogen and oxygen atoms in total. The van der Waals surface area contributed by atoms with E-state index in [1.54, 1.807) is 30.1 Å². The molecule has 0 radical (unpaired) electrons. The van der Waals surface area contributed by atoms with E-state index in [1.165, 1.54) is 11.5 Å². The highest BCUT2D eigenvalue weighted by molar-refractivity contribution is 5.97. The van der Waals surface area contributed by atoms with Gasteiger partial charge in [-0.15, -0.1) is 0 Å². The molecule has 8 heteroatoms. The van der Waals surface area contributed by atoms with Crippen LogP contribution in [0, 0.1) is 0 Å². The molecule has 1 aromatic heterocycles. The van der Waals surface area contributed by atoms with Crippen molar-refractivity contribution in [1.82, 2.24) is 19.8 Å². The lowest BCUT2D eigenvalue weighted by Crippen LogP contribution is -2.49. The number of amides is 2. The number of carbonyl (C=O) groups excluding carboxylic acids is 2. The van der Waals surface area contributed by atoms with Crippen molar-refractivity contribution in [1.29, 1.82) is 0 Å². The Labute approximate surface area is 138 Å². The van der Waals surface area contributed by atoms with Crippen molar-refractivity contribution >= 4 is 22.8 Å². The molecule has 1 atom stereocenters. The summed E-state index contributed by atoms with van der Waals surface area (Å²) in [4.78, 5) is 39.8. The number of aromatic amines is 1. The molecule has 2 N–H and O–H groups in total. The van der Waals surface area contributed by atoms with Crippen LogP contribution in [0.2, 0.25) is 0 Å². The van der Waals surface area contributed by atoms with Crippen molar-refractivity contribution in [3.8, 4) is 0 Å². The van der Waals surface area contributed by atoms with Crippen LogP contribution >= 0.6 is 0 Å². The highest BCUT2D eigenvalue weighted by atomic mass is 16.5. The first-order valence-electron chi connectivity index (χ1n) is 7.80. The van der Waals surface area contributed by atoms with Gasteiger partial charge in [0.05, 0.1) is 23.7 Å². The predicted molar refractivity (Wildman–Crippen MR) is 87.9 cm³/mol. The molecule has 2 heterocycles. The number of carbonyl (C=O) groups is 2.